The zero-order chi connectivity index (χ0) is 14.1. The van der Waals surface area contributed by atoms with Crippen LogP contribution in [0.1, 0.15) is 11.1 Å². The van der Waals surface area contributed by atoms with E-state index in [1.807, 2.05) is 12.1 Å². The monoisotopic (exact) mass is 262 g/mol. The van der Waals surface area contributed by atoms with Gasteiger partial charge in [0.2, 0.25) is 0 Å². The third-order valence-corrected chi connectivity index (χ3v) is 2.13. The Labute approximate surface area is 110 Å². The molecule has 1 aromatic carbocycles. The van der Waals surface area contributed by atoms with Crippen molar-refractivity contribution >= 4 is 11.9 Å². The zero-order valence-electron chi connectivity index (χ0n) is 10.2. The number of aliphatic carboxylic acids is 1. The molecular formula is C14H14O5. The number of carboxylic acids is 1. The van der Waals surface area contributed by atoms with Gasteiger partial charge >= 0.3 is 11.9 Å². The first-order valence-electron chi connectivity index (χ1n) is 5.50. The van der Waals surface area contributed by atoms with Crippen LogP contribution in [-0.4, -0.2) is 17.0 Å². The highest BCUT2D eigenvalue weighted by molar-refractivity contribution is 5.90. The molecule has 0 saturated carbocycles. The van der Waals surface area contributed by atoms with E-state index in [4.69, 9.17) is 14.6 Å². The predicted octanol–water partition coefficient (Wildman–Crippen LogP) is 2.03. The molecule has 0 radical (unpaired) electrons. The number of ether oxygens (including phenoxy) is 2. The quantitative estimate of drug-likeness (QED) is 0.462. The van der Waals surface area contributed by atoms with Crippen LogP contribution in [0.5, 0.6) is 0 Å². The largest absolute Gasteiger partial charge is 0.497 e. The molecule has 0 aliphatic heterocycles. The van der Waals surface area contributed by atoms with Crippen LogP contribution in [0.4, 0.5) is 0 Å². The van der Waals surface area contributed by atoms with Crippen molar-refractivity contribution in [2.75, 3.05) is 0 Å². The molecule has 0 atom stereocenters. The molecule has 100 valence electrons. The molecule has 1 rings (SSSR count). The van der Waals surface area contributed by atoms with Crippen molar-refractivity contribution in [2.24, 2.45) is 0 Å². The zero-order valence-corrected chi connectivity index (χ0v) is 10.2. The van der Waals surface area contributed by atoms with Crippen LogP contribution in [0.25, 0.3) is 0 Å². The van der Waals surface area contributed by atoms with Crippen molar-refractivity contribution in [1.29, 1.82) is 0 Å². The molecular weight excluding hydrogens is 248 g/mol. The van der Waals surface area contributed by atoms with Crippen LogP contribution < -0.4 is 0 Å². The molecule has 5 nitrogen and oxygen atoms in total. The van der Waals surface area contributed by atoms with Gasteiger partial charge in [-0.1, -0.05) is 30.8 Å². The van der Waals surface area contributed by atoms with Gasteiger partial charge in [0.05, 0.1) is 6.26 Å². The van der Waals surface area contributed by atoms with Gasteiger partial charge in [-0.25, -0.2) is 9.59 Å². The molecule has 0 amide bonds. The van der Waals surface area contributed by atoms with Crippen LogP contribution in [0.3, 0.4) is 0 Å². The number of carbonyl (C=O) groups is 2. The minimum Gasteiger partial charge on any atom is -0.497 e. The second kappa shape index (κ2) is 7.71. The smallest absolute Gasteiger partial charge is 0.331 e. The fourth-order valence-electron chi connectivity index (χ4n) is 1.23. The number of benzene rings is 1. The van der Waals surface area contributed by atoms with Crippen molar-refractivity contribution in [1.82, 2.24) is 0 Å². The first kappa shape index (κ1) is 14.5. The Morgan fingerprint density at radius 3 is 2.21 bits per heavy atom. The van der Waals surface area contributed by atoms with Gasteiger partial charge in [-0.05, 0) is 11.1 Å². The van der Waals surface area contributed by atoms with Gasteiger partial charge in [-0.15, -0.1) is 0 Å². The molecule has 0 saturated heterocycles. The minimum atomic E-state index is -1.19. The lowest BCUT2D eigenvalue weighted by atomic mass is 10.1. The van der Waals surface area contributed by atoms with Gasteiger partial charge in [-0.2, -0.15) is 0 Å². The number of hydrogen-bond acceptors (Lipinski definition) is 4. The van der Waals surface area contributed by atoms with Gasteiger partial charge in [0.25, 0.3) is 0 Å². The summed E-state index contributed by atoms with van der Waals surface area (Å²) in [6, 6.07) is 7.30. The van der Waals surface area contributed by atoms with E-state index in [-0.39, 0.29) is 6.61 Å². The third-order valence-electron chi connectivity index (χ3n) is 2.13. The summed E-state index contributed by atoms with van der Waals surface area (Å²) in [6.45, 7) is 3.97. The van der Waals surface area contributed by atoms with E-state index in [0.29, 0.717) is 6.61 Å². The standard InChI is InChI=1S/C14H14O5/c1-2-18-9-11-3-5-12(6-4-11)10-19-14(17)8-7-13(15)16/h2-8H,1,9-10H2,(H,15,16)/b8-7+. The highest BCUT2D eigenvalue weighted by Crippen LogP contribution is 2.07. The molecule has 5 heteroatoms. The molecule has 0 heterocycles. The van der Waals surface area contributed by atoms with E-state index in [9.17, 15) is 9.59 Å². The fraction of sp³-hybridized carbons (Fsp3) is 0.143. The van der Waals surface area contributed by atoms with Crippen molar-refractivity contribution in [3.8, 4) is 0 Å². The lowest BCUT2D eigenvalue weighted by Gasteiger charge is -2.04. The van der Waals surface area contributed by atoms with Crippen LogP contribution in [0.15, 0.2) is 49.3 Å². The summed E-state index contributed by atoms with van der Waals surface area (Å²) in [6.07, 6.45) is 2.97. The summed E-state index contributed by atoms with van der Waals surface area (Å²) in [5.74, 6) is -1.88. The van der Waals surface area contributed by atoms with Crippen molar-refractivity contribution in [3.05, 3.63) is 60.4 Å². The van der Waals surface area contributed by atoms with Crippen molar-refractivity contribution < 1.29 is 24.2 Å². The SMILES string of the molecule is C=COCc1ccc(COC(=O)/C=C/C(=O)O)cc1. The Balaban J connectivity index is 2.43. The van der Waals surface area contributed by atoms with Crippen LogP contribution >= 0.6 is 0 Å². The summed E-state index contributed by atoms with van der Waals surface area (Å²) >= 11 is 0. The maximum atomic E-state index is 11.1. The van der Waals surface area contributed by atoms with Gasteiger partial charge < -0.3 is 14.6 Å². The molecule has 0 unspecified atom stereocenters. The second-order valence-electron chi connectivity index (χ2n) is 3.57. The highest BCUT2D eigenvalue weighted by atomic mass is 16.5. The summed E-state index contributed by atoms with van der Waals surface area (Å²) in [7, 11) is 0. The molecule has 0 fully saturated rings. The lowest BCUT2D eigenvalue weighted by Crippen LogP contribution is -2.02. The summed E-state index contributed by atoms with van der Waals surface area (Å²) in [4.78, 5) is 21.3. The Morgan fingerprint density at radius 1 is 1.11 bits per heavy atom. The van der Waals surface area contributed by atoms with E-state index in [2.05, 4.69) is 6.58 Å². The average molecular weight is 262 g/mol. The van der Waals surface area contributed by atoms with Gasteiger partial charge in [0.15, 0.2) is 0 Å². The average Bonchev–Trinajstić information content (AvgIpc) is 2.41. The lowest BCUT2D eigenvalue weighted by molar-refractivity contribution is -0.139. The van der Waals surface area contributed by atoms with Crippen molar-refractivity contribution in [3.63, 3.8) is 0 Å². The first-order chi connectivity index (χ1) is 9.11. The van der Waals surface area contributed by atoms with Gasteiger partial charge in [-0.3, -0.25) is 0 Å². The molecule has 1 N–H and O–H groups in total. The van der Waals surface area contributed by atoms with E-state index in [1.54, 1.807) is 12.1 Å². The Kier molecular flexibility index (Phi) is 5.88. The summed E-state index contributed by atoms with van der Waals surface area (Å²) < 4.78 is 9.89. The third kappa shape index (κ3) is 6.07. The van der Waals surface area contributed by atoms with E-state index in [1.165, 1.54) is 6.26 Å². The van der Waals surface area contributed by atoms with Crippen molar-refractivity contribution in [2.45, 2.75) is 13.2 Å². The molecule has 0 aliphatic carbocycles. The van der Waals surface area contributed by atoms with Crippen LogP contribution in [0.2, 0.25) is 0 Å². The molecule has 19 heavy (non-hydrogen) atoms. The topological polar surface area (TPSA) is 72.8 Å². The minimum absolute atomic E-state index is 0.0887. The molecule has 0 bridgehead atoms. The maximum Gasteiger partial charge on any atom is 0.331 e. The molecule has 1 aromatic rings. The fourth-order valence-corrected chi connectivity index (χ4v) is 1.23. The Hall–Kier alpha value is -2.56. The Bertz CT molecular complexity index is 473. The van der Waals surface area contributed by atoms with Gasteiger partial charge in [0.1, 0.15) is 13.2 Å². The molecule has 0 aromatic heterocycles. The summed E-state index contributed by atoms with van der Waals surface area (Å²) in [5.41, 5.74) is 1.78. The molecule has 0 aliphatic rings. The second-order valence-corrected chi connectivity index (χ2v) is 3.57. The normalized spacial score (nSPS) is 10.1. The predicted molar refractivity (Wildman–Crippen MR) is 68.0 cm³/mol. The number of carboxylic acid groups (broad SMARTS) is 1. The van der Waals surface area contributed by atoms with Crippen LogP contribution in [0, 0.1) is 0 Å². The highest BCUT2D eigenvalue weighted by Gasteiger charge is 2.00. The van der Waals surface area contributed by atoms with E-state index >= 15 is 0 Å². The molecule has 0 spiro atoms. The summed E-state index contributed by atoms with van der Waals surface area (Å²) in [5, 5.41) is 8.34. The maximum absolute atomic E-state index is 11.1. The number of hydrogen-bond donors (Lipinski definition) is 1. The van der Waals surface area contributed by atoms with E-state index < -0.39 is 11.9 Å². The number of rotatable bonds is 7. The van der Waals surface area contributed by atoms with Gasteiger partial charge in [0, 0.05) is 12.2 Å². The van der Waals surface area contributed by atoms with E-state index in [0.717, 1.165) is 23.3 Å². The number of carbonyl (C=O) groups excluding carboxylic acids is 1. The first-order valence-corrected chi connectivity index (χ1v) is 5.50. The van der Waals surface area contributed by atoms with Crippen LogP contribution in [-0.2, 0) is 32.3 Å². The Morgan fingerprint density at radius 2 is 1.68 bits per heavy atom. The number of esters is 1.